The Morgan fingerprint density at radius 1 is 1.35 bits per heavy atom. The maximum Gasteiger partial charge on any atom is 0.172 e. The highest BCUT2D eigenvalue weighted by atomic mass is 79.9. The first-order chi connectivity index (χ1) is 8.34. The van der Waals surface area contributed by atoms with Gasteiger partial charge in [0.1, 0.15) is 0 Å². The molecule has 0 saturated heterocycles. The van der Waals surface area contributed by atoms with E-state index in [1.54, 1.807) is 6.20 Å². The van der Waals surface area contributed by atoms with E-state index in [-0.39, 0.29) is 0 Å². The van der Waals surface area contributed by atoms with Gasteiger partial charge in [0.05, 0.1) is 6.20 Å². The summed E-state index contributed by atoms with van der Waals surface area (Å²) in [4.78, 5) is 0. The average molecular weight is 293 g/mol. The van der Waals surface area contributed by atoms with Crippen LogP contribution in [0.4, 0.5) is 0 Å². The Labute approximate surface area is 108 Å². The lowest BCUT2D eigenvalue weighted by Gasteiger charge is -2.04. The molecule has 3 nitrogen and oxygen atoms in total. The predicted molar refractivity (Wildman–Crippen MR) is 69.5 cm³/mol. The van der Waals surface area contributed by atoms with E-state index >= 15 is 0 Å². The molecule has 17 heavy (non-hydrogen) atoms. The zero-order chi connectivity index (χ0) is 11.7. The largest absolute Gasteiger partial charge is 0.356 e. The first-order valence-corrected chi connectivity index (χ1v) is 6.56. The third-order valence-electron chi connectivity index (χ3n) is 2.92. The minimum atomic E-state index is 0.692. The van der Waals surface area contributed by atoms with Crippen LogP contribution < -0.4 is 5.32 Å². The summed E-state index contributed by atoms with van der Waals surface area (Å²) in [5.74, 6) is 0.852. The van der Waals surface area contributed by atoms with Gasteiger partial charge in [0.25, 0.3) is 0 Å². The van der Waals surface area contributed by atoms with Crippen molar-refractivity contribution < 1.29 is 4.52 Å². The van der Waals surface area contributed by atoms with Crippen molar-refractivity contribution in [3.63, 3.8) is 0 Å². The predicted octanol–water partition coefficient (Wildman–Crippen LogP) is 3.36. The van der Waals surface area contributed by atoms with E-state index in [4.69, 9.17) is 4.52 Å². The van der Waals surface area contributed by atoms with Gasteiger partial charge in [0, 0.05) is 28.2 Å². The number of nitrogens with zero attached hydrogens (tertiary/aromatic N) is 1. The van der Waals surface area contributed by atoms with E-state index in [1.165, 1.54) is 12.8 Å². The van der Waals surface area contributed by atoms with E-state index in [9.17, 15) is 0 Å². The molecule has 3 rings (SSSR count). The molecule has 0 unspecified atom stereocenters. The van der Waals surface area contributed by atoms with Crippen LogP contribution in [0.25, 0.3) is 11.3 Å². The molecule has 0 spiro atoms. The van der Waals surface area contributed by atoms with Crippen LogP contribution in [0, 0.1) is 0 Å². The summed E-state index contributed by atoms with van der Waals surface area (Å²) in [5.41, 5.74) is 2.17. The van der Waals surface area contributed by atoms with Crippen LogP contribution >= 0.6 is 15.9 Å². The molecule has 1 aromatic heterocycles. The van der Waals surface area contributed by atoms with E-state index in [2.05, 4.69) is 26.4 Å². The van der Waals surface area contributed by atoms with Crippen molar-refractivity contribution >= 4 is 15.9 Å². The van der Waals surface area contributed by atoms with E-state index in [0.29, 0.717) is 6.04 Å². The van der Waals surface area contributed by atoms with Crippen molar-refractivity contribution in [2.75, 3.05) is 0 Å². The quantitative estimate of drug-likeness (QED) is 0.939. The van der Waals surface area contributed by atoms with E-state index < -0.39 is 0 Å². The lowest BCUT2D eigenvalue weighted by Crippen LogP contribution is -2.15. The summed E-state index contributed by atoms with van der Waals surface area (Å²) in [6.07, 6.45) is 4.37. The van der Waals surface area contributed by atoms with Crippen molar-refractivity contribution in [3.05, 3.63) is 40.5 Å². The maximum atomic E-state index is 5.36. The molecule has 88 valence electrons. The lowest BCUT2D eigenvalue weighted by molar-refractivity contribution is 0.431. The molecule has 1 fully saturated rings. The number of halogens is 1. The van der Waals surface area contributed by atoms with Crippen molar-refractivity contribution in [2.45, 2.75) is 25.4 Å². The van der Waals surface area contributed by atoms with Crippen LogP contribution in [0.5, 0.6) is 0 Å². The highest BCUT2D eigenvalue weighted by Gasteiger charge is 2.21. The SMILES string of the molecule is Brc1ccccc1-c1oncc1CNC1CC1. The molecule has 0 amide bonds. The number of nitrogens with one attached hydrogen (secondary N) is 1. The van der Waals surface area contributed by atoms with Gasteiger partial charge in [-0.15, -0.1) is 0 Å². The summed E-state index contributed by atoms with van der Waals surface area (Å²) in [5, 5.41) is 7.38. The second kappa shape index (κ2) is 4.63. The third-order valence-corrected chi connectivity index (χ3v) is 3.61. The molecule has 1 aliphatic carbocycles. The Morgan fingerprint density at radius 2 is 2.18 bits per heavy atom. The first kappa shape index (κ1) is 11.0. The van der Waals surface area contributed by atoms with Gasteiger partial charge in [-0.1, -0.05) is 33.2 Å². The summed E-state index contributed by atoms with van der Waals surface area (Å²) < 4.78 is 6.40. The number of benzene rings is 1. The molecule has 1 N–H and O–H groups in total. The second-order valence-corrected chi connectivity index (χ2v) is 5.17. The zero-order valence-electron chi connectivity index (χ0n) is 9.32. The Morgan fingerprint density at radius 3 is 2.94 bits per heavy atom. The Kier molecular flexibility index (Phi) is 2.99. The number of rotatable bonds is 4. The summed E-state index contributed by atoms with van der Waals surface area (Å²) >= 11 is 3.54. The molecular weight excluding hydrogens is 280 g/mol. The zero-order valence-corrected chi connectivity index (χ0v) is 10.9. The maximum absolute atomic E-state index is 5.36. The average Bonchev–Trinajstić information content (AvgIpc) is 3.06. The standard InChI is InChI=1S/C13H13BrN2O/c14-12-4-2-1-3-11(12)13-9(8-16-17-13)7-15-10-5-6-10/h1-4,8,10,15H,5-7H2. The highest BCUT2D eigenvalue weighted by molar-refractivity contribution is 9.10. The van der Waals surface area contributed by atoms with E-state index in [1.807, 2.05) is 24.3 Å². The van der Waals surface area contributed by atoms with Gasteiger partial charge in [-0.05, 0) is 25.0 Å². The highest BCUT2D eigenvalue weighted by Crippen LogP contribution is 2.31. The number of aromatic nitrogens is 1. The van der Waals surface area contributed by atoms with Crippen LogP contribution in [0.15, 0.2) is 39.5 Å². The molecule has 1 aromatic carbocycles. The Bertz CT molecular complexity index is 520. The summed E-state index contributed by atoms with van der Waals surface area (Å²) in [6, 6.07) is 8.73. The van der Waals surface area contributed by atoms with Gasteiger partial charge in [0.2, 0.25) is 0 Å². The van der Waals surface area contributed by atoms with E-state index in [0.717, 1.165) is 27.9 Å². The van der Waals surface area contributed by atoms with Crippen LogP contribution in [0.2, 0.25) is 0 Å². The minimum absolute atomic E-state index is 0.692. The van der Waals surface area contributed by atoms with Crippen LogP contribution in [0.1, 0.15) is 18.4 Å². The smallest absolute Gasteiger partial charge is 0.172 e. The molecule has 0 bridgehead atoms. The summed E-state index contributed by atoms with van der Waals surface area (Å²) in [7, 11) is 0. The number of hydrogen-bond donors (Lipinski definition) is 1. The van der Waals surface area contributed by atoms with Crippen LogP contribution in [-0.2, 0) is 6.54 Å². The monoisotopic (exact) mass is 292 g/mol. The second-order valence-electron chi connectivity index (χ2n) is 4.32. The summed E-state index contributed by atoms with van der Waals surface area (Å²) in [6.45, 7) is 0.824. The van der Waals surface area contributed by atoms with Crippen molar-refractivity contribution in [3.8, 4) is 11.3 Å². The fourth-order valence-corrected chi connectivity index (χ4v) is 2.26. The van der Waals surface area contributed by atoms with Gasteiger partial charge in [-0.2, -0.15) is 0 Å². The molecule has 0 atom stereocenters. The van der Waals surface area contributed by atoms with Crippen molar-refractivity contribution in [2.24, 2.45) is 0 Å². The Balaban J connectivity index is 1.86. The first-order valence-electron chi connectivity index (χ1n) is 5.76. The fraction of sp³-hybridized carbons (Fsp3) is 0.308. The molecule has 1 aliphatic rings. The van der Waals surface area contributed by atoms with Gasteiger partial charge in [-0.3, -0.25) is 0 Å². The van der Waals surface area contributed by atoms with Gasteiger partial charge in [-0.25, -0.2) is 0 Å². The number of hydrogen-bond acceptors (Lipinski definition) is 3. The molecule has 4 heteroatoms. The molecule has 2 aromatic rings. The third kappa shape index (κ3) is 2.42. The Hall–Kier alpha value is -1.13. The normalized spacial score (nSPS) is 15.1. The van der Waals surface area contributed by atoms with Gasteiger partial charge in [0.15, 0.2) is 5.76 Å². The lowest BCUT2D eigenvalue weighted by atomic mass is 10.1. The fourth-order valence-electron chi connectivity index (χ4n) is 1.80. The molecule has 1 saturated carbocycles. The van der Waals surface area contributed by atoms with Gasteiger partial charge < -0.3 is 9.84 Å². The van der Waals surface area contributed by atoms with Crippen LogP contribution in [-0.4, -0.2) is 11.2 Å². The molecule has 0 aliphatic heterocycles. The molecular formula is C13H13BrN2O. The molecule has 1 heterocycles. The van der Waals surface area contributed by atoms with Crippen molar-refractivity contribution in [1.29, 1.82) is 0 Å². The van der Waals surface area contributed by atoms with Crippen LogP contribution in [0.3, 0.4) is 0 Å². The van der Waals surface area contributed by atoms with Crippen molar-refractivity contribution in [1.82, 2.24) is 10.5 Å². The van der Waals surface area contributed by atoms with Gasteiger partial charge >= 0.3 is 0 Å². The topological polar surface area (TPSA) is 38.1 Å². The molecule has 0 radical (unpaired) electrons. The minimum Gasteiger partial charge on any atom is -0.356 e.